The van der Waals surface area contributed by atoms with Gasteiger partial charge in [0.05, 0.1) is 4.92 Å². The van der Waals surface area contributed by atoms with Gasteiger partial charge in [-0.2, -0.15) is 0 Å². The lowest BCUT2D eigenvalue weighted by Crippen LogP contribution is -2.29. The molecule has 4 nitrogen and oxygen atoms in total. The number of benzene rings is 1. The molecule has 1 unspecified atom stereocenters. The van der Waals surface area contributed by atoms with Crippen LogP contribution in [0, 0.1) is 10.1 Å². The summed E-state index contributed by atoms with van der Waals surface area (Å²) in [6.45, 7) is 1.94. The van der Waals surface area contributed by atoms with Crippen LogP contribution in [0.2, 0.25) is 0 Å². The minimum atomic E-state index is -0.301. The van der Waals surface area contributed by atoms with E-state index < -0.39 is 0 Å². The molecule has 1 aliphatic rings. The molecule has 2 heterocycles. The van der Waals surface area contributed by atoms with Gasteiger partial charge in [0, 0.05) is 24.0 Å². The number of rotatable bonds is 6. The van der Waals surface area contributed by atoms with Crippen molar-refractivity contribution in [3.05, 3.63) is 63.0 Å². The van der Waals surface area contributed by atoms with E-state index in [0.29, 0.717) is 6.04 Å². The Hall–Kier alpha value is -1.72. The van der Waals surface area contributed by atoms with Crippen molar-refractivity contribution in [2.45, 2.75) is 38.3 Å². The first-order valence-corrected chi connectivity index (χ1v) is 8.60. The molecular weight excluding hydrogens is 296 g/mol. The lowest BCUT2D eigenvalue weighted by Gasteiger charge is -2.24. The molecule has 0 spiro atoms. The summed E-state index contributed by atoms with van der Waals surface area (Å²) >= 11 is 1.23. The summed E-state index contributed by atoms with van der Waals surface area (Å²) in [7, 11) is 0. The van der Waals surface area contributed by atoms with Gasteiger partial charge in [-0.25, -0.2) is 0 Å². The molecule has 0 saturated carbocycles. The molecule has 5 heteroatoms. The molecule has 116 valence electrons. The molecule has 0 N–H and O–H groups in total. The average Bonchev–Trinajstić information content (AvgIpc) is 3.16. The summed E-state index contributed by atoms with van der Waals surface area (Å²) in [6, 6.07) is 12.9. The molecule has 1 aliphatic heterocycles. The maximum Gasteiger partial charge on any atom is 0.324 e. The second-order valence-electron chi connectivity index (χ2n) is 5.84. The Morgan fingerprint density at radius 3 is 2.82 bits per heavy atom. The van der Waals surface area contributed by atoms with Crippen LogP contribution < -0.4 is 0 Å². The fourth-order valence-corrected chi connectivity index (χ4v) is 3.90. The van der Waals surface area contributed by atoms with Crippen molar-refractivity contribution in [3.63, 3.8) is 0 Å². The highest BCUT2D eigenvalue weighted by molar-refractivity contribution is 7.13. The van der Waals surface area contributed by atoms with Crippen LogP contribution in [0.15, 0.2) is 41.8 Å². The van der Waals surface area contributed by atoms with Crippen molar-refractivity contribution >= 4 is 16.3 Å². The van der Waals surface area contributed by atoms with Crippen LogP contribution in [0.3, 0.4) is 0 Å². The second kappa shape index (κ2) is 7.03. The van der Waals surface area contributed by atoms with E-state index in [1.165, 1.54) is 29.7 Å². The Morgan fingerprint density at radius 1 is 1.27 bits per heavy atom. The van der Waals surface area contributed by atoms with Gasteiger partial charge >= 0.3 is 5.00 Å². The molecule has 1 atom stereocenters. The fourth-order valence-electron chi connectivity index (χ4n) is 3.18. The van der Waals surface area contributed by atoms with Gasteiger partial charge in [0.25, 0.3) is 0 Å². The smallest absolute Gasteiger partial charge is 0.296 e. The number of thiophene rings is 1. The monoisotopic (exact) mass is 316 g/mol. The third-order valence-electron chi connectivity index (χ3n) is 4.31. The number of nitro groups is 1. The standard InChI is InChI=1S/C17H20N2O2S/c20-19(21)17-11-15(13-22-17)12-18-10-4-7-16(18)9-8-14-5-2-1-3-6-14/h1-3,5-6,11,13,16H,4,7-10,12H2. The average molecular weight is 316 g/mol. The summed E-state index contributed by atoms with van der Waals surface area (Å²) in [6.07, 6.45) is 4.73. The number of aryl methyl sites for hydroxylation is 1. The largest absolute Gasteiger partial charge is 0.324 e. The highest BCUT2D eigenvalue weighted by Crippen LogP contribution is 2.28. The van der Waals surface area contributed by atoms with E-state index in [1.54, 1.807) is 6.07 Å². The first-order chi connectivity index (χ1) is 10.7. The summed E-state index contributed by atoms with van der Waals surface area (Å²) in [5, 5.41) is 12.9. The van der Waals surface area contributed by atoms with E-state index in [9.17, 15) is 10.1 Å². The van der Waals surface area contributed by atoms with Crippen molar-refractivity contribution in [1.82, 2.24) is 4.90 Å². The van der Waals surface area contributed by atoms with Crippen molar-refractivity contribution < 1.29 is 4.92 Å². The number of hydrogen-bond donors (Lipinski definition) is 0. The minimum Gasteiger partial charge on any atom is -0.296 e. The molecular formula is C17H20N2O2S. The van der Waals surface area contributed by atoms with Gasteiger partial charge < -0.3 is 0 Å². The molecule has 1 saturated heterocycles. The highest BCUT2D eigenvalue weighted by atomic mass is 32.1. The zero-order valence-corrected chi connectivity index (χ0v) is 13.3. The lowest BCUT2D eigenvalue weighted by molar-refractivity contribution is -0.380. The van der Waals surface area contributed by atoms with Crippen molar-refractivity contribution in [2.24, 2.45) is 0 Å². The van der Waals surface area contributed by atoms with Crippen molar-refractivity contribution in [2.75, 3.05) is 6.54 Å². The Kier molecular flexibility index (Phi) is 4.85. The SMILES string of the molecule is O=[N+]([O-])c1cc(CN2CCCC2CCc2ccccc2)cs1. The molecule has 1 aromatic heterocycles. The van der Waals surface area contributed by atoms with Crippen molar-refractivity contribution in [3.8, 4) is 0 Å². The summed E-state index contributed by atoms with van der Waals surface area (Å²) < 4.78 is 0. The van der Waals surface area contributed by atoms with Gasteiger partial charge in [0.15, 0.2) is 0 Å². The molecule has 2 aromatic rings. The highest BCUT2D eigenvalue weighted by Gasteiger charge is 2.25. The Morgan fingerprint density at radius 2 is 2.09 bits per heavy atom. The van der Waals surface area contributed by atoms with Crippen LogP contribution >= 0.6 is 11.3 Å². The summed E-state index contributed by atoms with van der Waals surface area (Å²) in [5.74, 6) is 0. The van der Waals surface area contributed by atoms with Gasteiger partial charge in [0.1, 0.15) is 0 Å². The van der Waals surface area contributed by atoms with E-state index in [0.717, 1.165) is 31.5 Å². The van der Waals surface area contributed by atoms with Gasteiger partial charge in [0.2, 0.25) is 0 Å². The van der Waals surface area contributed by atoms with Crippen LogP contribution in [0.25, 0.3) is 0 Å². The lowest BCUT2D eigenvalue weighted by atomic mass is 10.0. The molecule has 1 aromatic carbocycles. The van der Waals surface area contributed by atoms with E-state index in [4.69, 9.17) is 0 Å². The predicted octanol–water partition coefficient (Wildman–Crippen LogP) is 4.25. The molecule has 0 amide bonds. The van der Waals surface area contributed by atoms with E-state index >= 15 is 0 Å². The van der Waals surface area contributed by atoms with Crippen molar-refractivity contribution in [1.29, 1.82) is 0 Å². The first-order valence-electron chi connectivity index (χ1n) is 7.72. The zero-order chi connectivity index (χ0) is 15.4. The summed E-state index contributed by atoms with van der Waals surface area (Å²) in [4.78, 5) is 13.0. The van der Waals surface area contributed by atoms with Crippen LogP contribution in [0.4, 0.5) is 5.00 Å². The molecule has 0 aliphatic carbocycles. The Bertz CT molecular complexity index is 627. The third-order valence-corrected chi connectivity index (χ3v) is 5.24. The maximum absolute atomic E-state index is 10.8. The molecule has 22 heavy (non-hydrogen) atoms. The normalized spacial score (nSPS) is 18.6. The van der Waals surface area contributed by atoms with Gasteiger partial charge in [-0.1, -0.05) is 41.7 Å². The van der Waals surface area contributed by atoms with E-state index in [2.05, 4.69) is 35.2 Å². The second-order valence-corrected chi connectivity index (χ2v) is 6.73. The molecule has 3 rings (SSSR count). The Balaban J connectivity index is 1.57. The third kappa shape index (κ3) is 3.72. The van der Waals surface area contributed by atoms with Gasteiger partial charge in [-0.05, 0) is 43.4 Å². The fraction of sp³-hybridized carbons (Fsp3) is 0.412. The van der Waals surface area contributed by atoms with Crippen LogP contribution in [0.1, 0.15) is 30.4 Å². The molecule has 1 fully saturated rings. The topological polar surface area (TPSA) is 46.4 Å². The Labute approximate surface area is 134 Å². The predicted molar refractivity (Wildman–Crippen MR) is 89.2 cm³/mol. The van der Waals surface area contributed by atoms with Crippen LogP contribution in [-0.2, 0) is 13.0 Å². The number of nitrogens with zero attached hydrogens (tertiary/aromatic N) is 2. The zero-order valence-electron chi connectivity index (χ0n) is 12.5. The molecule has 0 radical (unpaired) electrons. The van der Waals surface area contributed by atoms with Crippen LogP contribution in [0.5, 0.6) is 0 Å². The summed E-state index contributed by atoms with van der Waals surface area (Å²) in [5.41, 5.74) is 2.46. The quantitative estimate of drug-likeness (QED) is 0.591. The van der Waals surface area contributed by atoms with Crippen LogP contribution in [-0.4, -0.2) is 22.4 Å². The number of likely N-dealkylation sites (tertiary alicyclic amines) is 1. The van der Waals surface area contributed by atoms with Gasteiger partial charge in [-0.15, -0.1) is 0 Å². The number of hydrogen-bond acceptors (Lipinski definition) is 4. The maximum atomic E-state index is 10.8. The van der Waals surface area contributed by atoms with E-state index in [-0.39, 0.29) is 9.92 Å². The minimum absolute atomic E-state index is 0.245. The van der Waals surface area contributed by atoms with Gasteiger partial charge in [-0.3, -0.25) is 15.0 Å². The first kappa shape index (κ1) is 15.2. The molecule has 0 bridgehead atoms. The van der Waals surface area contributed by atoms with E-state index in [1.807, 2.05) is 5.38 Å².